The van der Waals surface area contributed by atoms with Crippen molar-refractivity contribution in [2.45, 2.75) is 55.4 Å². The number of nitrogens with zero attached hydrogens (tertiary/aromatic N) is 1. The first-order chi connectivity index (χ1) is 15.9. The van der Waals surface area contributed by atoms with Gasteiger partial charge >= 0.3 is 5.97 Å². The van der Waals surface area contributed by atoms with Crippen molar-refractivity contribution in [2.75, 3.05) is 7.05 Å². The second-order valence-electron chi connectivity index (χ2n) is 9.50. The fraction of sp³-hybridized carbons (Fsp3) is 0.400. The molecule has 3 aliphatic rings. The lowest BCUT2D eigenvalue weighted by Crippen LogP contribution is -2.62. The maximum atomic E-state index is 13.4. The molecule has 0 amide bonds. The zero-order valence-electron chi connectivity index (χ0n) is 18.1. The molecule has 1 N–H and O–H groups in total. The van der Waals surface area contributed by atoms with Crippen molar-refractivity contribution >= 4 is 28.6 Å². The molecule has 0 saturated carbocycles. The van der Waals surface area contributed by atoms with Crippen LogP contribution in [-0.4, -0.2) is 53.0 Å². The van der Waals surface area contributed by atoms with Gasteiger partial charge in [-0.1, -0.05) is 24.3 Å². The first kappa shape index (κ1) is 21.4. The largest absolute Gasteiger partial charge is 0.459 e. The standard InChI is InChI=1S/C25H25FNO4S2/c1-27(14-15-6-8-16(26)9-7-15)18-12-17(13-19(27)23-22(18)31-23)30-24(28)25(29,20-4-2-10-32-20)21-5-3-11-33-21/h2-11,17-19,22-23,29H,12-14H2,1H3/q+1/t17?,18-,19+,22?,23?,27?. The van der Waals surface area contributed by atoms with E-state index in [0.717, 1.165) is 16.6 Å². The third-order valence-corrected chi connectivity index (χ3v) is 9.56. The highest BCUT2D eigenvalue weighted by Gasteiger charge is 2.72. The Balaban J connectivity index is 1.22. The molecule has 3 aromatic rings. The van der Waals surface area contributed by atoms with Gasteiger partial charge in [0.2, 0.25) is 5.60 Å². The Bertz CT molecular complexity index is 1100. The van der Waals surface area contributed by atoms with Gasteiger partial charge in [0.25, 0.3) is 0 Å². The van der Waals surface area contributed by atoms with E-state index in [2.05, 4.69) is 7.05 Å². The number of fused-ring (bicyclic) bond motifs is 5. The first-order valence-corrected chi connectivity index (χ1v) is 12.9. The fourth-order valence-corrected chi connectivity index (χ4v) is 7.61. The molecule has 8 heteroatoms. The van der Waals surface area contributed by atoms with E-state index >= 15 is 0 Å². The lowest BCUT2D eigenvalue weighted by molar-refractivity contribution is -0.968. The van der Waals surface area contributed by atoms with Crippen molar-refractivity contribution in [3.05, 3.63) is 80.4 Å². The minimum Gasteiger partial charge on any atom is -0.459 e. The summed E-state index contributed by atoms with van der Waals surface area (Å²) in [6.07, 6.45) is 1.46. The van der Waals surface area contributed by atoms with E-state index in [1.807, 2.05) is 35.0 Å². The Hall–Kier alpha value is -2.10. The molecule has 5 nitrogen and oxygen atoms in total. The average Bonchev–Trinajstić information content (AvgIpc) is 3.15. The Labute approximate surface area is 199 Å². The van der Waals surface area contributed by atoms with E-state index in [-0.39, 0.29) is 36.2 Å². The topological polar surface area (TPSA) is 59.1 Å². The highest BCUT2D eigenvalue weighted by Crippen LogP contribution is 2.53. The third-order valence-electron chi connectivity index (χ3n) is 7.61. The lowest BCUT2D eigenvalue weighted by Gasteiger charge is -2.48. The summed E-state index contributed by atoms with van der Waals surface area (Å²) < 4.78 is 26.2. The van der Waals surface area contributed by atoms with Crippen LogP contribution in [0.4, 0.5) is 4.39 Å². The molecule has 3 saturated heterocycles. The predicted octanol–water partition coefficient (Wildman–Crippen LogP) is 4.06. The normalized spacial score (nSPS) is 32.4. The molecule has 0 aliphatic carbocycles. The van der Waals surface area contributed by atoms with Crippen LogP contribution in [0.3, 0.4) is 0 Å². The molecule has 6 rings (SSSR count). The maximum absolute atomic E-state index is 13.4. The van der Waals surface area contributed by atoms with E-state index in [4.69, 9.17) is 9.47 Å². The molecule has 2 aromatic heterocycles. The van der Waals surface area contributed by atoms with Gasteiger partial charge in [0.05, 0.1) is 16.8 Å². The molecule has 4 unspecified atom stereocenters. The van der Waals surface area contributed by atoms with Crippen molar-refractivity contribution in [3.8, 4) is 0 Å². The number of thiophene rings is 2. The van der Waals surface area contributed by atoms with Crippen LogP contribution in [0.25, 0.3) is 0 Å². The molecule has 33 heavy (non-hydrogen) atoms. The number of carbonyl (C=O) groups excluding carboxylic acids is 1. The van der Waals surface area contributed by atoms with Gasteiger partial charge in [0.15, 0.2) is 0 Å². The molecule has 3 aliphatic heterocycles. The maximum Gasteiger partial charge on any atom is 0.349 e. The minimum absolute atomic E-state index is 0.178. The van der Waals surface area contributed by atoms with Gasteiger partial charge in [-0.25, -0.2) is 9.18 Å². The van der Waals surface area contributed by atoms with E-state index < -0.39 is 11.6 Å². The van der Waals surface area contributed by atoms with Gasteiger partial charge < -0.3 is 19.1 Å². The predicted molar refractivity (Wildman–Crippen MR) is 123 cm³/mol. The quantitative estimate of drug-likeness (QED) is 0.324. The molecule has 0 spiro atoms. The zero-order valence-corrected chi connectivity index (χ0v) is 19.7. The number of quaternary nitrogens is 1. The fourth-order valence-electron chi connectivity index (χ4n) is 5.90. The number of piperidine rings is 1. The van der Waals surface area contributed by atoms with Gasteiger partial charge in [-0.2, -0.15) is 0 Å². The molecule has 2 bridgehead atoms. The lowest BCUT2D eigenvalue weighted by atomic mass is 9.93. The van der Waals surface area contributed by atoms with Crippen molar-refractivity contribution < 1.29 is 28.2 Å². The molecular weight excluding hydrogens is 461 g/mol. The third kappa shape index (κ3) is 3.39. The summed E-state index contributed by atoms with van der Waals surface area (Å²) >= 11 is 2.69. The molecule has 1 aromatic carbocycles. The molecule has 172 valence electrons. The Kier molecular flexibility index (Phi) is 5.01. The minimum atomic E-state index is -1.79. The molecule has 6 atom stereocenters. The number of carbonyl (C=O) groups is 1. The summed E-state index contributed by atoms with van der Waals surface area (Å²) in [5, 5.41) is 15.3. The van der Waals surface area contributed by atoms with Gasteiger partial charge in [0, 0.05) is 18.4 Å². The van der Waals surface area contributed by atoms with Crippen LogP contribution in [0.2, 0.25) is 0 Å². The van der Waals surface area contributed by atoms with Crippen molar-refractivity contribution in [3.63, 3.8) is 0 Å². The van der Waals surface area contributed by atoms with Gasteiger partial charge in [-0.3, -0.25) is 0 Å². The average molecular weight is 487 g/mol. The van der Waals surface area contributed by atoms with Gasteiger partial charge in [0.1, 0.15) is 42.8 Å². The van der Waals surface area contributed by atoms with Crippen LogP contribution < -0.4 is 0 Å². The van der Waals surface area contributed by atoms with E-state index in [0.29, 0.717) is 22.6 Å². The summed E-state index contributed by atoms with van der Waals surface area (Å²) in [5.41, 5.74) is -0.694. The number of epoxide rings is 1. The number of morpholine rings is 1. The van der Waals surface area contributed by atoms with Crippen molar-refractivity contribution in [2.24, 2.45) is 0 Å². The zero-order chi connectivity index (χ0) is 22.8. The molecule has 0 radical (unpaired) electrons. The Morgan fingerprint density at radius 2 is 1.67 bits per heavy atom. The number of ether oxygens (including phenoxy) is 2. The molecular formula is C25H25FNO4S2+. The van der Waals surface area contributed by atoms with E-state index in [1.165, 1.54) is 34.8 Å². The van der Waals surface area contributed by atoms with Crippen LogP contribution in [0, 0.1) is 5.82 Å². The van der Waals surface area contributed by atoms with E-state index in [9.17, 15) is 14.3 Å². The van der Waals surface area contributed by atoms with Crippen LogP contribution in [0.5, 0.6) is 0 Å². The SMILES string of the molecule is C[N+]1(Cc2ccc(F)cc2)[C@@H]2CC(OC(=O)C(O)(c3cccs3)c3cccs3)C[C@H]1C1OC12. The van der Waals surface area contributed by atoms with Crippen molar-refractivity contribution in [1.29, 1.82) is 0 Å². The van der Waals surface area contributed by atoms with E-state index in [1.54, 1.807) is 12.1 Å². The number of esters is 1. The number of aliphatic hydroxyl groups is 1. The smallest absolute Gasteiger partial charge is 0.349 e. The highest BCUT2D eigenvalue weighted by molar-refractivity contribution is 7.12. The number of rotatable bonds is 6. The molecule has 3 fully saturated rings. The number of hydrogen-bond acceptors (Lipinski definition) is 6. The van der Waals surface area contributed by atoms with Crippen LogP contribution >= 0.6 is 22.7 Å². The van der Waals surface area contributed by atoms with Crippen LogP contribution in [0.15, 0.2) is 59.3 Å². The summed E-state index contributed by atoms with van der Waals surface area (Å²) in [6.45, 7) is 0.793. The van der Waals surface area contributed by atoms with Gasteiger partial charge in [-0.15, -0.1) is 22.7 Å². The van der Waals surface area contributed by atoms with Crippen LogP contribution in [-0.2, 0) is 26.4 Å². The monoisotopic (exact) mass is 486 g/mol. The highest BCUT2D eigenvalue weighted by atomic mass is 32.1. The summed E-state index contributed by atoms with van der Waals surface area (Å²) in [6, 6.07) is 14.3. The Morgan fingerprint density at radius 3 is 2.18 bits per heavy atom. The second kappa shape index (κ2) is 7.71. The summed E-state index contributed by atoms with van der Waals surface area (Å²) in [5.74, 6) is -0.842. The Morgan fingerprint density at radius 1 is 1.09 bits per heavy atom. The van der Waals surface area contributed by atoms with Crippen molar-refractivity contribution in [1.82, 2.24) is 0 Å². The number of likely N-dealkylation sites (N-methyl/N-ethyl adjacent to an activating group) is 1. The number of benzene rings is 1. The van der Waals surface area contributed by atoms with Crippen LogP contribution in [0.1, 0.15) is 28.2 Å². The first-order valence-electron chi connectivity index (χ1n) is 11.2. The molecule has 5 heterocycles. The second-order valence-corrected chi connectivity index (χ2v) is 11.4. The van der Waals surface area contributed by atoms with Gasteiger partial charge in [-0.05, 0) is 35.0 Å². The summed E-state index contributed by atoms with van der Waals surface area (Å²) in [4.78, 5) is 14.5. The number of hydrogen-bond donors (Lipinski definition) is 1. The number of halogens is 1. The summed E-state index contributed by atoms with van der Waals surface area (Å²) in [7, 11) is 2.24.